The molecule has 0 aliphatic heterocycles. The van der Waals surface area contributed by atoms with Gasteiger partial charge in [-0.05, 0) is 25.4 Å². The Morgan fingerprint density at radius 3 is 3.10 bits per heavy atom. The largest absolute Gasteiger partial charge is 0.398 e. The zero-order valence-electron chi connectivity index (χ0n) is 16.8. The van der Waals surface area contributed by atoms with E-state index in [1.54, 1.807) is 0 Å². The zero-order chi connectivity index (χ0) is 20.3. The van der Waals surface area contributed by atoms with Crippen molar-refractivity contribution in [3.05, 3.63) is 34.3 Å². The van der Waals surface area contributed by atoms with Crippen LogP contribution in [0.1, 0.15) is 39.3 Å². The van der Waals surface area contributed by atoms with Crippen molar-refractivity contribution in [2.75, 3.05) is 5.73 Å². The van der Waals surface area contributed by atoms with E-state index in [4.69, 9.17) is 14.0 Å². The summed E-state index contributed by atoms with van der Waals surface area (Å²) in [4.78, 5) is 41.1. The summed E-state index contributed by atoms with van der Waals surface area (Å²) in [5, 5.41) is -0.330. The van der Waals surface area contributed by atoms with Gasteiger partial charge < -0.3 is 5.73 Å². The van der Waals surface area contributed by atoms with Crippen LogP contribution in [0.4, 0.5) is 5.69 Å². The molecule has 1 aromatic carbocycles. The summed E-state index contributed by atoms with van der Waals surface area (Å²) in [5.74, 6) is -2.17. The number of carbonyl (C=O) groups is 2. The lowest BCUT2D eigenvalue weighted by molar-refractivity contribution is -0.132. The average Bonchev–Trinajstić information content (AvgIpc) is 2.56. The number of nitrogen functional groups attached to an aromatic ring is 1. The topological polar surface area (TPSA) is 95.0 Å². The van der Waals surface area contributed by atoms with Crippen molar-refractivity contribution in [3.8, 4) is 0 Å². The van der Waals surface area contributed by atoms with E-state index >= 15 is 0 Å². The average molecular weight is 291 g/mol. The fourth-order valence-electron chi connectivity index (χ4n) is 2.26. The summed E-state index contributed by atoms with van der Waals surface area (Å²) in [7, 11) is 0. The fourth-order valence-corrected chi connectivity index (χ4v) is 2.26. The second kappa shape index (κ2) is 4.80. The van der Waals surface area contributed by atoms with Crippen LogP contribution in [0.2, 0.25) is 0 Å². The molecule has 6 heteroatoms. The first kappa shape index (κ1) is 8.07. The van der Waals surface area contributed by atoms with Gasteiger partial charge in [0.25, 0.3) is 5.56 Å². The molecule has 2 atom stereocenters. The highest BCUT2D eigenvalue weighted by Crippen LogP contribution is 2.24. The first-order chi connectivity index (χ1) is 12.5. The number of rotatable bonds is 1. The number of aromatic nitrogens is 2. The van der Waals surface area contributed by atoms with Gasteiger partial charge in [0.2, 0.25) is 0 Å². The Kier molecular flexibility index (Phi) is 1.84. The van der Waals surface area contributed by atoms with Gasteiger partial charge >= 0.3 is 0 Å². The Balaban J connectivity index is 2.48. The first-order valence-electron chi connectivity index (χ1n) is 9.37. The van der Waals surface area contributed by atoms with Crippen molar-refractivity contribution in [2.45, 2.75) is 32.1 Å². The molecule has 0 amide bonds. The number of nitrogens with two attached hydrogens (primary N) is 1. The number of Topliss-reactive ketones (excluding diaryl/α,β-unsaturated/α-hetero) is 2. The second-order valence-corrected chi connectivity index (χ2v) is 4.64. The highest BCUT2D eigenvalue weighted by molar-refractivity contribution is 6.03. The Morgan fingerprint density at radius 1 is 1.57 bits per heavy atom. The lowest BCUT2D eigenvalue weighted by Gasteiger charge is -2.24. The number of ketones is 2. The molecule has 3 rings (SSSR count). The number of benzene rings is 1. The molecule has 2 N–H and O–H groups in total. The maximum atomic E-state index is 13.1. The maximum Gasteiger partial charge on any atom is 0.264 e. The number of aryl methyl sites for hydroxylation is 1. The monoisotopic (exact) mass is 291 g/mol. The van der Waals surface area contributed by atoms with Gasteiger partial charge in [-0.1, -0.05) is 6.04 Å². The highest BCUT2D eigenvalue weighted by atomic mass is 16.2. The Labute approximate surface area is 129 Å². The van der Waals surface area contributed by atoms with Crippen molar-refractivity contribution >= 4 is 28.2 Å². The smallest absolute Gasteiger partial charge is 0.264 e. The Hall–Kier alpha value is -2.50. The van der Waals surface area contributed by atoms with Gasteiger partial charge in [-0.15, -0.1) is 0 Å². The molecule has 0 spiro atoms. The lowest BCUT2D eigenvalue weighted by atomic mass is 9.92. The van der Waals surface area contributed by atoms with Gasteiger partial charge in [0, 0.05) is 16.2 Å². The van der Waals surface area contributed by atoms with Crippen LogP contribution in [0, 0.1) is 6.88 Å². The molecule has 21 heavy (non-hydrogen) atoms. The number of hydrogen-bond donors (Lipinski definition) is 1. The van der Waals surface area contributed by atoms with Gasteiger partial charge in [-0.3, -0.25) is 19.0 Å². The molecule has 1 fully saturated rings. The van der Waals surface area contributed by atoms with Gasteiger partial charge in [0.15, 0.2) is 5.78 Å². The number of fused-ring (bicyclic) bond motifs is 1. The fraction of sp³-hybridized carbons (Fsp3) is 0.333. The standard InChI is InChI=1S/C15H15N3O3/c1-8-17-11-4-2-3-10(16)14(11)15(21)18(8)12-6-5-9(19)7-13(12)20/h2-4,12H,5-7,16H2,1H3/i1D2,2D,4D,6D,12D. The van der Waals surface area contributed by atoms with E-state index in [0.29, 0.717) is 4.57 Å². The minimum atomic E-state index is -2.55. The predicted molar refractivity (Wildman–Crippen MR) is 78.1 cm³/mol. The third kappa shape index (κ3) is 2.12. The maximum absolute atomic E-state index is 13.1. The van der Waals surface area contributed by atoms with Crippen LogP contribution in [-0.4, -0.2) is 21.1 Å². The SMILES string of the molecule is [2H]c1cc(N)c2c(=O)n(C3([2H])C(=O)CC(=O)CC3[2H])c(C([2H])[2H])nc2c1[2H]. The zero-order valence-corrected chi connectivity index (χ0v) is 10.8. The van der Waals surface area contributed by atoms with Crippen molar-refractivity contribution in [3.63, 3.8) is 0 Å². The molecule has 1 aliphatic rings. The number of anilines is 1. The van der Waals surface area contributed by atoms with Crippen LogP contribution in [0.15, 0.2) is 22.9 Å². The molecule has 0 bridgehead atoms. The quantitative estimate of drug-likeness (QED) is 0.628. The third-order valence-corrected chi connectivity index (χ3v) is 3.22. The van der Waals surface area contributed by atoms with Crippen LogP contribution in [0.3, 0.4) is 0 Å². The van der Waals surface area contributed by atoms with Crippen molar-refractivity contribution < 1.29 is 17.8 Å². The highest BCUT2D eigenvalue weighted by Gasteiger charge is 2.30. The molecule has 2 unspecified atom stereocenters. The van der Waals surface area contributed by atoms with Crippen LogP contribution in [0.5, 0.6) is 0 Å². The van der Waals surface area contributed by atoms with E-state index < -0.39 is 61.1 Å². The van der Waals surface area contributed by atoms with Crippen molar-refractivity contribution in [1.29, 1.82) is 0 Å². The minimum absolute atomic E-state index is 0.209. The second-order valence-electron chi connectivity index (χ2n) is 4.64. The third-order valence-electron chi connectivity index (χ3n) is 3.22. The van der Waals surface area contributed by atoms with E-state index in [-0.39, 0.29) is 22.6 Å². The van der Waals surface area contributed by atoms with Gasteiger partial charge in [0.05, 0.1) is 27.5 Å². The van der Waals surface area contributed by atoms with Crippen LogP contribution < -0.4 is 11.3 Å². The summed E-state index contributed by atoms with van der Waals surface area (Å²) < 4.78 is 48.0. The van der Waals surface area contributed by atoms with E-state index in [0.717, 1.165) is 6.07 Å². The molecule has 0 radical (unpaired) electrons. The normalized spacial score (nSPS) is 30.4. The Morgan fingerprint density at radius 2 is 2.38 bits per heavy atom. The molecule has 1 heterocycles. The summed E-state index contributed by atoms with van der Waals surface area (Å²) >= 11 is 0. The van der Waals surface area contributed by atoms with Gasteiger partial charge in [-0.25, -0.2) is 4.98 Å². The molecule has 1 aromatic heterocycles. The molecule has 1 aliphatic carbocycles. The number of nitrogens with zero attached hydrogens (tertiary/aromatic N) is 2. The summed E-state index contributed by atoms with van der Waals surface area (Å²) in [6.07, 6.45) is -2.72. The van der Waals surface area contributed by atoms with E-state index in [1.165, 1.54) is 0 Å². The minimum Gasteiger partial charge on any atom is -0.398 e. The molecule has 108 valence electrons. The van der Waals surface area contributed by atoms with E-state index in [2.05, 4.69) is 4.98 Å². The van der Waals surface area contributed by atoms with Crippen LogP contribution in [-0.2, 0) is 9.59 Å². The molecule has 2 aromatic rings. The van der Waals surface area contributed by atoms with Gasteiger partial charge in [-0.2, -0.15) is 0 Å². The summed E-state index contributed by atoms with van der Waals surface area (Å²) in [5.41, 5.74) is 4.21. The van der Waals surface area contributed by atoms with Crippen LogP contribution in [0.25, 0.3) is 10.9 Å². The lowest BCUT2D eigenvalue weighted by Crippen LogP contribution is -2.36. The van der Waals surface area contributed by atoms with Crippen LogP contribution >= 0.6 is 0 Å². The predicted octanol–water partition coefficient (Wildman–Crippen LogP) is 1.15. The Bertz CT molecular complexity index is 1050. The molecule has 0 saturated heterocycles. The molecule has 6 nitrogen and oxygen atoms in total. The number of carbonyl (C=O) groups excluding carboxylic acids is 2. The van der Waals surface area contributed by atoms with Crippen molar-refractivity contribution in [1.82, 2.24) is 9.55 Å². The summed E-state index contributed by atoms with van der Waals surface area (Å²) in [6, 6.07) is -2.26. The molecule has 1 saturated carbocycles. The van der Waals surface area contributed by atoms with E-state index in [9.17, 15) is 14.4 Å². The number of hydrogen-bond acceptors (Lipinski definition) is 5. The van der Waals surface area contributed by atoms with Gasteiger partial charge in [0.1, 0.15) is 11.6 Å². The summed E-state index contributed by atoms with van der Waals surface area (Å²) in [6.45, 7) is -1.92. The first-order valence-corrected chi connectivity index (χ1v) is 6.14. The molecular formula is C15H15N3O3. The molecular weight excluding hydrogens is 270 g/mol. The van der Waals surface area contributed by atoms with Crippen molar-refractivity contribution in [2.24, 2.45) is 0 Å². The van der Waals surface area contributed by atoms with E-state index in [1.807, 2.05) is 0 Å².